The van der Waals surface area contributed by atoms with Crippen LogP contribution in [-0.4, -0.2) is 24.6 Å². The summed E-state index contributed by atoms with van der Waals surface area (Å²) < 4.78 is 24.2. The fourth-order valence-electron chi connectivity index (χ4n) is 3.30. The largest absolute Gasteiger partial charge is 0.325 e. The summed E-state index contributed by atoms with van der Waals surface area (Å²) in [4.78, 5) is 20.8. The van der Waals surface area contributed by atoms with Gasteiger partial charge in [-0.15, -0.1) is 11.3 Å². The van der Waals surface area contributed by atoms with E-state index >= 15 is 0 Å². The smallest absolute Gasteiger partial charge is 0.256 e. The fourth-order valence-corrected chi connectivity index (χ4v) is 4.99. The first-order valence-electron chi connectivity index (χ1n) is 9.63. The van der Waals surface area contributed by atoms with Crippen LogP contribution in [0.25, 0.3) is 10.1 Å². The Hall–Kier alpha value is -3.21. The Morgan fingerprint density at radius 3 is 2.45 bits per heavy atom. The van der Waals surface area contributed by atoms with Crippen molar-refractivity contribution in [3.8, 4) is 11.8 Å². The summed E-state index contributed by atoms with van der Waals surface area (Å²) in [5.41, 5.74) is 3.72. The molecule has 0 aliphatic rings. The number of rotatable bonds is 4. The number of benzene rings is 1. The standard InChI is InChI=1S/C24H20N2O3S2/c1-16-22(14-18-6-8-20(9-7-18)31(2,28)29)26-24(27)21-15-19(30-23(16)21)5-3-4-17-10-12-25-13-11-17/h6-13,15H,4,14H2,1-2H3,(H,26,27). The lowest BCUT2D eigenvalue weighted by molar-refractivity contribution is 0.602. The van der Waals surface area contributed by atoms with Crippen LogP contribution >= 0.6 is 11.3 Å². The second-order valence-corrected chi connectivity index (χ2v) is 10.4. The van der Waals surface area contributed by atoms with Gasteiger partial charge in [0.05, 0.1) is 15.2 Å². The topological polar surface area (TPSA) is 79.9 Å². The van der Waals surface area contributed by atoms with E-state index in [1.54, 1.807) is 36.7 Å². The van der Waals surface area contributed by atoms with Crippen LogP contribution in [0.4, 0.5) is 0 Å². The Kier molecular flexibility index (Phi) is 5.77. The first-order chi connectivity index (χ1) is 14.8. The van der Waals surface area contributed by atoms with E-state index in [1.165, 1.54) is 17.6 Å². The van der Waals surface area contributed by atoms with E-state index in [9.17, 15) is 13.2 Å². The van der Waals surface area contributed by atoms with Crippen LogP contribution in [0, 0.1) is 18.8 Å². The van der Waals surface area contributed by atoms with Crippen LogP contribution in [-0.2, 0) is 22.7 Å². The molecule has 3 heterocycles. The maximum absolute atomic E-state index is 12.7. The number of aromatic nitrogens is 2. The van der Waals surface area contributed by atoms with Crippen molar-refractivity contribution in [2.24, 2.45) is 0 Å². The molecular weight excluding hydrogens is 428 g/mol. The molecule has 0 spiro atoms. The molecule has 4 rings (SSSR count). The molecule has 1 N–H and O–H groups in total. The third-order valence-electron chi connectivity index (χ3n) is 5.02. The summed E-state index contributed by atoms with van der Waals surface area (Å²) in [7, 11) is -3.23. The number of hydrogen-bond donors (Lipinski definition) is 1. The van der Waals surface area contributed by atoms with Crippen LogP contribution in [0.1, 0.15) is 27.3 Å². The summed E-state index contributed by atoms with van der Waals surface area (Å²) in [6, 6.07) is 12.5. The monoisotopic (exact) mass is 448 g/mol. The lowest BCUT2D eigenvalue weighted by Gasteiger charge is -2.08. The SMILES string of the molecule is Cc1c(Cc2ccc(S(C)(=O)=O)cc2)[nH]c(=O)c2cc(C#CCc3ccncc3)sc12. The first-order valence-corrected chi connectivity index (χ1v) is 12.3. The molecule has 0 fully saturated rings. The summed E-state index contributed by atoms with van der Waals surface area (Å²) in [6.07, 6.45) is 5.82. The minimum absolute atomic E-state index is 0.137. The van der Waals surface area contributed by atoms with E-state index in [1.807, 2.05) is 25.1 Å². The van der Waals surface area contributed by atoms with Crippen molar-refractivity contribution >= 4 is 31.3 Å². The summed E-state index contributed by atoms with van der Waals surface area (Å²) >= 11 is 1.52. The van der Waals surface area contributed by atoms with Gasteiger partial charge in [0.15, 0.2) is 9.84 Å². The van der Waals surface area contributed by atoms with Gasteiger partial charge in [-0.2, -0.15) is 0 Å². The zero-order valence-electron chi connectivity index (χ0n) is 17.1. The normalized spacial score (nSPS) is 11.3. The van der Waals surface area contributed by atoms with E-state index in [0.717, 1.165) is 32.0 Å². The Bertz CT molecular complexity index is 1470. The number of aryl methyl sites for hydroxylation is 1. The molecule has 0 amide bonds. The quantitative estimate of drug-likeness (QED) is 0.481. The lowest BCUT2D eigenvalue weighted by Crippen LogP contribution is -2.11. The van der Waals surface area contributed by atoms with Crippen molar-refractivity contribution in [3.05, 3.63) is 92.5 Å². The van der Waals surface area contributed by atoms with Crippen molar-refractivity contribution in [2.75, 3.05) is 6.26 Å². The minimum Gasteiger partial charge on any atom is -0.325 e. The summed E-state index contributed by atoms with van der Waals surface area (Å²) in [5, 5.41) is 0.645. The maximum atomic E-state index is 12.7. The van der Waals surface area contributed by atoms with E-state index in [4.69, 9.17) is 0 Å². The summed E-state index contributed by atoms with van der Waals surface area (Å²) in [6.45, 7) is 1.99. The van der Waals surface area contributed by atoms with E-state index < -0.39 is 9.84 Å². The van der Waals surface area contributed by atoms with Gasteiger partial charge in [0, 0.05) is 41.9 Å². The molecule has 0 saturated carbocycles. The number of aromatic amines is 1. The Morgan fingerprint density at radius 1 is 1.06 bits per heavy atom. The Balaban J connectivity index is 1.62. The number of thiophene rings is 1. The number of fused-ring (bicyclic) bond motifs is 1. The van der Waals surface area contributed by atoms with Gasteiger partial charge < -0.3 is 4.98 Å². The third-order valence-corrected chi connectivity index (χ3v) is 7.32. The molecule has 156 valence electrons. The molecule has 0 saturated heterocycles. The second kappa shape index (κ2) is 8.50. The van der Waals surface area contributed by atoms with Crippen molar-refractivity contribution < 1.29 is 8.42 Å². The third kappa shape index (κ3) is 4.76. The molecule has 0 aliphatic carbocycles. The first kappa shape index (κ1) is 21.0. The molecule has 0 aliphatic heterocycles. The second-order valence-electron chi connectivity index (χ2n) is 7.34. The van der Waals surface area contributed by atoms with Crippen molar-refractivity contribution in [1.29, 1.82) is 0 Å². The number of sulfone groups is 1. The van der Waals surface area contributed by atoms with Crippen LogP contribution in [0.2, 0.25) is 0 Å². The van der Waals surface area contributed by atoms with Gasteiger partial charge in [0.1, 0.15) is 0 Å². The van der Waals surface area contributed by atoms with E-state index in [-0.39, 0.29) is 10.5 Å². The Morgan fingerprint density at radius 2 is 1.77 bits per heavy atom. The Labute approximate surface area is 184 Å². The molecule has 0 bridgehead atoms. The lowest BCUT2D eigenvalue weighted by atomic mass is 10.1. The predicted molar refractivity (Wildman–Crippen MR) is 124 cm³/mol. The molecule has 31 heavy (non-hydrogen) atoms. The molecule has 1 aromatic carbocycles. The molecule has 0 unspecified atom stereocenters. The molecule has 4 aromatic rings. The fraction of sp³-hybridized carbons (Fsp3) is 0.167. The highest BCUT2D eigenvalue weighted by molar-refractivity contribution is 7.90. The molecule has 3 aromatic heterocycles. The highest BCUT2D eigenvalue weighted by atomic mass is 32.2. The van der Waals surface area contributed by atoms with E-state index in [2.05, 4.69) is 21.8 Å². The van der Waals surface area contributed by atoms with Crippen LogP contribution in [0.3, 0.4) is 0 Å². The van der Waals surface area contributed by atoms with E-state index in [0.29, 0.717) is 18.2 Å². The zero-order valence-corrected chi connectivity index (χ0v) is 18.7. The number of nitrogens with one attached hydrogen (secondary N) is 1. The van der Waals surface area contributed by atoms with Gasteiger partial charge in [0.2, 0.25) is 0 Å². The van der Waals surface area contributed by atoms with Crippen LogP contribution in [0.15, 0.2) is 64.5 Å². The summed E-state index contributed by atoms with van der Waals surface area (Å²) in [5.74, 6) is 6.33. The highest BCUT2D eigenvalue weighted by Crippen LogP contribution is 2.28. The van der Waals surface area contributed by atoms with Crippen LogP contribution in [0.5, 0.6) is 0 Å². The zero-order chi connectivity index (χ0) is 22.0. The average molecular weight is 449 g/mol. The molecule has 5 nitrogen and oxygen atoms in total. The molecule has 0 radical (unpaired) electrons. The van der Waals surface area contributed by atoms with Crippen molar-refractivity contribution in [2.45, 2.75) is 24.7 Å². The van der Waals surface area contributed by atoms with Gasteiger partial charge >= 0.3 is 0 Å². The molecule has 0 atom stereocenters. The van der Waals surface area contributed by atoms with Gasteiger partial charge in [-0.05, 0) is 53.9 Å². The maximum Gasteiger partial charge on any atom is 0.256 e. The van der Waals surface area contributed by atoms with Gasteiger partial charge in [0.25, 0.3) is 5.56 Å². The minimum atomic E-state index is -3.23. The van der Waals surface area contributed by atoms with Gasteiger partial charge in [-0.25, -0.2) is 8.42 Å². The number of H-pyrrole nitrogens is 1. The predicted octanol–water partition coefficient (Wildman–Crippen LogP) is 3.88. The van der Waals surface area contributed by atoms with Gasteiger partial charge in [-0.1, -0.05) is 24.0 Å². The van der Waals surface area contributed by atoms with Crippen molar-refractivity contribution in [3.63, 3.8) is 0 Å². The number of hydrogen-bond acceptors (Lipinski definition) is 5. The molecule has 7 heteroatoms. The molecular formula is C24H20N2O3S2. The van der Waals surface area contributed by atoms with Gasteiger partial charge in [-0.3, -0.25) is 9.78 Å². The van der Waals surface area contributed by atoms with Crippen LogP contribution < -0.4 is 5.56 Å². The number of pyridine rings is 2. The number of nitrogens with zero attached hydrogens (tertiary/aromatic N) is 1. The van der Waals surface area contributed by atoms with Crippen molar-refractivity contribution in [1.82, 2.24) is 9.97 Å². The average Bonchev–Trinajstić information content (AvgIpc) is 3.17. The highest BCUT2D eigenvalue weighted by Gasteiger charge is 2.13.